The van der Waals surface area contributed by atoms with Gasteiger partial charge in [0.1, 0.15) is 18.2 Å². The molecule has 4 rings (SSSR count). The number of nitrogens with zero attached hydrogens (tertiary/aromatic N) is 4. The molecule has 7 heteroatoms. The van der Waals surface area contributed by atoms with Crippen molar-refractivity contribution in [3.05, 3.63) is 71.5 Å². The summed E-state index contributed by atoms with van der Waals surface area (Å²) in [5, 5.41) is 9.79. The first-order valence-electron chi connectivity index (χ1n) is 9.13. The van der Waals surface area contributed by atoms with Crippen molar-refractivity contribution in [2.75, 3.05) is 14.2 Å². The normalized spacial score (nSPS) is 10.9. The third kappa shape index (κ3) is 3.84. The van der Waals surface area contributed by atoms with Crippen LogP contribution in [0.1, 0.15) is 5.56 Å². The van der Waals surface area contributed by atoms with Crippen LogP contribution in [0.15, 0.2) is 60.9 Å². The number of halogens is 1. The van der Waals surface area contributed by atoms with Crippen LogP contribution >= 0.6 is 11.6 Å². The number of rotatable bonds is 6. The second kappa shape index (κ2) is 8.01. The van der Waals surface area contributed by atoms with Crippen LogP contribution in [0.3, 0.4) is 0 Å². The molecule has 0 aliphatic heterocycles. The topological polar surface area (TPSA) is 54.1 Å². The lowest BCUT2D eigenvalue weighted by molar-refractivity contribution is 0.415. The van der Waals surface area contributed by atoms with E-state index in [9.17, 15) is 0 Å². The second-order valence-electron chi connectivity index (χ2n) is 6.63. The van der Waals surface area contributed by atoms with Gasteiger partial charge in [0.15, 0.2) is 0 Å². The minimum Gasteiger partial charge on any atom is -0.497 e. The largest absolute Gasteiger partial charge is 0.497 e. The van der Waals surface area contributed by atoms with Gasteiger partial charge in [-0.2, -0.15) is 10.2 Å². The zero-order valence-corrected chi connectivity index (χ0v) is 17.2. The Kier molecular flexibility index (Phi) is 5.27. The molecule has 0 aliphatic carbocycles. The summed E-state index contributed by atoms with van der Waals surface area (Å²) in [6.45, 7) is 2.51. The first kappa shape index (κ1) is 19.1. The van der Waals surface area contributed by atoms with E-state index < -0.39 is 0 Å². The summed E-state index contributed by atoms with van der Waals surface area (Å²) in [5.41, 5.74) is 4.95. The fourth-order valence-electron chi connectivity index (χ4n) is 3.39. The quantitative estimate of drug-likeness (QED) is 0.455. The van der Waals surface area contributed by atoms with Crippen LogP contribution in [0.5, 0.6) is 11.5 Å². The highest BCUT2D eigenvalue weighted by molar-refractivity contribution is 6.30. The Morgan fingerprint density at radius 1 is 0.966 bits per heavy atom. The van der Waals surface area contributed by atoms with Gasteiger partial charge in [-0.05, 0) is 31.2 Å². The van der Waals surface area contributed by atoms with Crippen molar-refractivity contribution < 1.29 is 9.47 Å². The van der Waals surface area contributed by atoms with Gasteiger partial charge in [-0.15, -0.1) is 0 Å². The van der Waals surface area contributed by atoms with Gasteiger partial charge < -0.3 is 9.47 Å². The lowest BCUT2D eigenvalue weighted by Crippen LogP contribution is -2.11. The molecule has 6 nitrogen and oxygen atoms in total. The van der Waals surface area contributed by atoms with Gasteiger partial charge in [0, 0.05) is 22.9 Å². The molecule has 0 saturated carbocycles. The van der Waals surface area contributed by atoms with E-state index in [1.54, 1.807) is 31.3 Å². The highest BCUT2D eigenvalue weighted by Gasteiger charge is 2.19. The Morgan fingerprint density at radius 3 is 2.24 bits per heavy atom. The van der Waals surface area contributed by atoms with Crippen LogP contribution < -0.4 is 9.47 Å². The van der Waals surface area contributed by atoms with Gasteiger partial charge in [-0.1, -0.05) is 35.9 Å². The van der Waals surface area contributed by atoms with E-state index in [2.05, 4.69) is 18.1 Å². The molecule has 0 unspecified atom stereocenters. The van der Waals surface area contributed by atoms with Crippen LogP contribution in [0.25, 0.3) is 22.5 Å². The van der Waals surface area contributed by atoms with Crippen LogP contribution in [0.2, 0.25) is 5.02 Å². The molecule has 148 valence electrons. The predicted octanol–water partition coefficient (Wildman–Crippen LogP) is 4.90. The molecule has 0 fully saturated rings. The van der Waals surface area contributed by atoms with E-state index in [4.69, 9.17) is 26.2 Å². The van der Waals surface area contributed by atoms with Crippen molar-refractivity contribution in [2.45, 2.75) is 13.6 Å². The zero-order chi connectivity index (χ0) is 20.4. The highest BCUT2D eigenvalue weighted by Crippen LogP contribution is 2.34. The van der Waals surface area contributed by atoms with Crippen molar-refractivity contribution in [1.82, 2.24) is 19.6 Å². The molecule has 2 aromatic heterocycles. The summed E-state index contributed by atoms with van der Waals surface area (Å²) >= 11 is 6.05. The number of ether oxygens (including phenoxy) is 2. The molecular weight excluding hydrogens is 388 g/mol. The summed E-state index contributed by atoms with van der Waals surface area (Å²) < 4.78 is 14.5. The molecule has 2 aromatic carbocycles. The van der Waals surface area contributed by atoms with Gasteiger partial charge in [0.05, 0.1) is 36.8 Å². The first-order chi connectivity index (χ1) is 14.1. The van der Waals surface area contributed by atoms with Gasteiger partial charge in [0.25, 0.3) is 0 Å². The van der Waals surface area contributed by atoms with Crippen LogP contribution in [-0.4, -0.2) is 33.8 Å². The van der Waals surface area contributed by atoms with Crippen LogP contribution in [-0.2, 0) is 6.67 Å². The van der Waals surface area contributed by atoms with E-state index in [0.717, 1.165) is 39.6 Å². The number of benzene rings is 2. The fourth-order valence-corrected chi connectivity index (χ4v) is 3.54. The minimum absolute atomic E-state index is 0.435. The monoisotopic (exact) mass is 408 g/mol. The summed E-state index contributed by atoms with van der Waals surface area (Å²) in [6.07, 6.45) is 3.39. The van der Waals surface area contributed by atoms with Crippen molar-refractivity contribution in [3.8, 4) is 34.0 Å². The van der Waals surface area contributed by atoms with E-state index in [-0.39, 0.29) is 0 Å². The Bertz CT molecular complexity index is 1150. The minimum atomic E-state index is 0.435. The molecule has 0 aliphatic rings. The SMILES string of the molecule is COc1cccc(-c2nn(Cn3cc(Cl)cn3)c(-c3cccc(OC)c3)c2C)c1. The third-order valence-electron chi connectivity index (χ3n) is 4.76. The highest BCUT2D eigenvalue weighted by atomic mass is 35.5. The molecule has 0 saturated heterocycles. The number of hydrogen-bond donors (Lipinski definition) is 0. The van der Waals surface area contributed by atoms with Gasteiger partial charge in [0.2, 0.25) is 0 Å². The predicted molar refractivity (Wildman–Crippen MR) is 114 cm³/mol. The second-order valence-corrected chi connectivity index (χ2v) is 7.06. The van der Waals surface area contributed by atoms with Crippen molar-refractivity contribution in [3.63, 3.8) is 0 Å². The molecular formula is C22H21ClN4O2. The van der Waals surface area contributed by atoms with Crippen molar-refractivity contribution in [1.29, 1.82) is 0 Å². The number of methoxy groups -OCH3 is 2. The van der Waals surface area contributed by atoms with Crippen LogP contribution in [0, 0.1) is 6.92 Å². The Labute approximate surface area is 174 Å². The summed E-state index contributed by atoms with van der Waals surface area (Å²) in [6, 6.07) is 15.9. The number of aromatic nitrogens is 4. The summed E-state index contributed by atoms with van der Waals surface area (Å²) in [4.78, 5) is 0. The van der Waals surface area contributed by atoms with Crippen molar-refractivity contribution in [2.24, 2.45) is 0 Å². The maximum absolute atomic E-state index is 6.05. The van der Waals surface area contributed by atoms with Gasteiger partial charge >= 0.3 is 0 Å². The summed E-state index contributed by atoms with van der Waals surface area (Å²) in [7, 11) is 3.32. The third-order valence-corrected chi connectivity index (χ3v) is 4.95. The molecule has 29 heavy (non-hydrogen) atoms. The average molecular weight is 409 g/mol. The summed E-state index contributed by atoms with van der Waals surface area (Å²) in [5.74, 6) is 1.58. The van der Waals surface area contributed by atoms with Gasteiger partial charge in [-0.25, -0.2) is 9.36 Å². The zero-order valence-electron chi connectivity index (χ0n) is 16.5. The van der Waals surface area contributed by atoms with E-state index >= 15 is 0 Å². The van der Waals surface area contributed by atoms with E-state index in [0.29, 0.717) is 11.7 Å². The maximum atomic E-state index is 6.05. The van der Waals surface area contributed by atoms with Crippen molar-refractivity contribution >= 4 is 11.6 Å². The van der Waals surface area contributed by atoms with E-state index in [1.165, 1.54) is 0 Å². The molecule has 0 spiro atoms. The Morgan fingerprint density at radius 2 is 1.62 bits per heavy atom. The standard InChI is InChI=1S/C22H21ClN4O2/c1-15-21(16-6-4-8-19(10-16)28-2)25-27(14-26-13-18(23)12-24-26)22(15)17-7-5-9-20(11-17)29-3/h4-13H,14H2,1-3H3. The van der Waals surface area contributed by atoms with Crippen LogP contribution in [0.4, 0.5) is 0 Å². The lowest BCUT2D eigenvalue weighted by atomic mass is 10.0. The molecule has 2 heterocycles. The smallest absolute Gasteiger partial charge is 0.133 e. The molecule has 4 aromatic rings. The average Bonchev–Trinajstić information content (AvgIpc) is 3.30. The number of hydrogen-bond acceptors (Lipinski definition) is 4. The van der Waals surface area contributed by atoms with E-state index in [1.807, 2.05) is 47.1 Å². The molecule has 0 N–H and O–H groups in total. The fraction of sp³-hybridized carbons (Fsp3) is 0.182. The Hall–Kier alpha value is -3.25. The lowest BCUT2D eigenvalue weighted by Gasteiger charge is -2.10. The molecule has 0 amide bonds. The first-order valence-corrected chi connectivity index (χ1v) is 9.51. The molecule has 0 atom stereocenters. The molecule has 0 radical (unpaired) electrons. The van der Waals surface area contributed by atoms with Gasteiger partial charge in [-0.3, -0.25) is 0 Å². The Balaban J connectivity index is 1.87. The molecule has 0 bridgehead atoms. The maximum Gasteiger partial charge on any atom is 0.133 e.